The van der Waals surface area contributed by atoms with Gasteiger partial charge in [-0.3, -0.25) is 14.4 Å². The summed E-state index contributed by atoms with van der Waals surface area (Å²) < 4.78 is 26.5. The number of carbonyl (C=O) groups excluding carboxylic acids is 3. The first-order valence-electron chi connectivity index (χ1n) is 12.3. The van der Waals surface area contributed by atoms with Crippen molar-refractivity contribution in [2.45, 2.75) is 69.0 Å². The molecule has 1 fully saturated rings. The fraction of sp³-hybridized carbons (Fsp3) is 0.423. The standard InChI is InChI=1S/C26H29Cl2N3O5S/c1-17(25(33)29-19-7-3-2-4-8-19)30(16-18-11-12-21(27)22(28)15-18)24(32)13-14-31-26(34)20-9-5-6-10-23(20)37(31,35)36/h5-6,9-12,15,17,19H,2-4,7-8,13-14,16H2,1H3,(H,29,33)/t17-/m0/s1. The summed E-state index contributed by atoms with van der Waals surface area (Å²) in [5.41, 5.74) is 0.750. The van der Waals surface area contributed by atoms with Crippen molar-refractivity contribution in [2.24, 2.45) is 0 Å². The van der Waals surface area contributed by atoms with Gasteiger partial charge >= 0.3 is 0 Å². The third kappa shape index (κ3) is 5.94. The molecule has 3 amide bonds. The number of fused-ring (bicyclic) bond motifs is 1. The van der Waals surface area contributed by atoms with Gasteiger partial charge in [-0.15, -0.1) is 0 Å². The molecule has 198 valence electrons. The molecule has 2 aromatic carbocycles. The maximum Gasteiger partial charge on any atom is 0.269 e. The van der Waals surface area contributed by atoms with Crippen LogP contribution in [0.2, 0.25) is 10.0 Å². The smallest absolute Gasteiger partial charge is 0.269 e. The van der Waals surface area contributed by atoms with Crippen LogP contribution < -0.4 is 5.32 Å². The lowest BCUT2D eigenvalue weighted by atomic mass is 9.95. The van der Waals surface area contributed by atoms with E-state index >= 15 is 0 Å². The molecule has 11 heteroatoms. The molecule has 1 aliphatic heterocycles. The number of nitrogens with one attached hydrogen (secondary N) is 1. The molecule has 0 saturated heterocycles. The average molecular weight is 567 g/mol. The molecule has 37 heavy (non-hydrogen) atoms. The minimum absolute atomic E-state index is 0.0654. The quantitative estimate of drug-likeness (QED) is 0.511. The Balaban J connectivity index is 1.51. The lowest BCUT2D eigenvalue weighted by Gasteiger charge is -2.31. The van der Waals surface area contributed by atoms with E-state index in [1.807, 2.05) is 0 Å². The largest absolute Gasteiger partial charge is 0.352 e. The van der Waals surface area contributed by atoms with Crippen molar-refractivity contribution in [1.29, 1.82) is 0 Å². The molecule has 0 radical (unpaired) electrons. The monoisotopic (exact) mass is 565 g/mol. The number of hydrogen-bond acceptors (Lipinski definition) is 5. The molecule has 0 spiro atoms. The fourth-order valence-electron chi connectivity index (χ4n) is 4.78. The van der Waals surface area contributed by atoms with Gasteiger partial charge < -0.3 is 10.2 Å². The predicted molar refractivity (Wildman–Crippen MR) is 141 cm³/mol. The van der Waals surface area contributed by atoms with Gasteiger partial charge in [0.15, 0.2) is 0 Å². The molecule has 0 bridgehead atoms. The van der Waals surface area contributed by atoms with Crippen molar-refractivity contribution in [3.8, 4) is 0 Å². The van der Waals surface area contributed by atoms with Gasteiger partial charge in [0.05, 0.1) is 15.6 Å². The van der Waals surface area contributed by atoms with Crippen LogP contribution in [0.4, 0.5) is 0 Å². The lowest BCUT2D eigenvalue weighted by molar-refractivity contribution is -0.141. The maximum absolute atomic E-state index is 13.4. The second-order valence-corrected chi connectivity index (χ2v) is 12.1. The van der Waals surface area contributed by atoms with Crippen molar-refractivity contribution >= 4 is 50.9 Å². The van der Waals surface area contributed by atoms with Crippen LogP contribution in [-0.2, 0) is 26.2 Å². The van der Waals surface area contributed by atoms with Crippen molar-refractivity contribution in [1.82, 2.24) is 14.5 Å². The van der Waals surface area contributed by atoms with Gasteiger partial charge in [-0.05, 0) is 49.6 Å². The third-order valence-corrected chi connectivity index (χ3v) is 9.48. The topological polar surface area (TPSA) is 104 Å². The van der Waals surface area contributed by atoms with Crippen LogP contribution in [0.25, 0.3) is 0 Å². The number of nitrogens with zero attached hydrogens (tertiary/aromatic N) is 2. The summed E-state index contributed by atoms with van der Waals surface area (Å²) in [7, 11) is -4.04. The highest BCUT2D eigenvalue weighted by Gasteiger charge is 2.41. The maximum atomic E-state index is 13.4. The van der Waals surface area contributed by atoms with Crippen molar-refractivity contribution < 1.29 is 22.8 Å². The first-order chi connectivity index (χ1) is 17.6. The number of hydrogen-bond donors (Lipinski definition) is 1. The zero-order valence-electron chi connectivity index (χ0n) is 20.5. The zero-order valence-corrected chi connectivity index (χ0v) is 22.8. The molecule has 8 nitrogen and oxygen atoms in total. The van der Waals surface area contributed by atoms with Gasteiger partial charge in [0.1, 0.15) is 10.9 Å². The minimum atomic E-state index is -4.04. The second-order valence-electron chi connectivity index (χ2n) is 9.42. The van der Waals surface area contributed by atoms with Crippen molar-refractivity contribution in [3.63, 3.8) is 0 Å². The molecule has 1 aliphatic carbocycles. The Morgan fingerprint density at radius 3 is 2.46 bits per heavy atom. The lowest BCUT2D eigenvalue weighted by Crippen LogP contribution is -2.50. The van der Waals surface area contributed by atoms with Gasteiger partial charge in [0.2, 0.25) is 11.8 Å². The van der Waals surface area contributed by atoms with E-state index in [0.29, 0.717) is 15.6 Å². The Morgan fingerprint density at radius 2 is 1.78 bits per heavy atom. The number of amides is 3. The molecule has 0 unspecified atom stereocenters. The Labute approximate surface area is 227 Å². The fourth-order valence-corrected chi connectivity index (χ4v) is 6.67. The van der Waals surface area contributed by atoms with Crippen LogP contribution in [0.15, 0.2) is 47.4 Å². The molecular weight excluding hydrogens is 537 g/mol. The van der Waals surface area contributed by atoms with E-state index in [2.05, 4.69) is 5.32 Å². The summed E-state index contributed by atoms with van der Waals surface area (Å²) in [4.78, 5) is 40.6. The van der Waals surface area contributed by atoms with Gasteiger partial charge in [0, 0.05) is 25.6 Å². The van der Waals surface area contributed by atoms with E-state index in [9.17, 15) is 22.8 Å². The third-order valence-electron chi connectivity index (χ3n) is 6.90. The molecule has 2 aromatic rings. The summed E-state index contributed by atoms with van der Waals surface area (Å²) in [6.45, 7) is 1.38. The number of sulfonamides is 1. The molecule has 1 N–H and O–H groups in total. The highest BCUT2D eigenvalue weighted by molar-refractivity contribution is 7.90. The summed E-state index contributed by atoms with van der Waals surface area (Å²) in [5.74, 6) is -1.41. The number of benzene rings is 2. The van der Waals surface area contributed by atoms with Gasteiger partial charge in [-0.25, -0.2) is 12.7 Å². The first-order valence-corrected chi connectivity index (χ1v) is 14.5. The van der Waals surface area contributed by atoms with Gasteiger partial charge in [-0.1, -0.05) is 60.7 Å². The molecule has 1 saturated carbocycles. The van der Waals surface area contributed by atoms with Crippen molar-refractivity contribution in [3.05, 3.63) is 63.6 Å². The molecule has 1 atom stereocenters. The Hall–Kier alpha value is -2.62. The van der Waals surface area contributed by atoms with E-state index < -0.39 is 27.9 Å². The van der Waals surface area contributed by atoms with Crippen LogP contribution in [0, 0.1) is 0 Å². The zero-order chi connectivity index (χ0) is 26.7. The summed E-state index contributed by atoms with van der Waals surface area (Å²) in [6.07, 6.45) is 4.76. The van der Waals surface area contributed by atoms with E-state index in [1.54, 1.807) is 37.3 Å². The van der Waals surface area contributed by atoms with E-state index in [-0.39, 0.29) is 41.9 Å². The average Bonchev–Trinajstić information content (AvgIpc) is 3.08. The predicted octanol–water partition coefficient (Wildman–Crippen LogP) is 4.39. The van der Waals surface area contributed by atoms with Gasteiger partial charge in [0.25, 0.3) is 15.9 Å². The van der Waals surface area contributed by atoms with Crippen LogP contribution in [0.5, 0.6) is 0 Å². The van der Waals surface area contributed by atoms with Crippen LogP contribution in [-0.4, -0.2) is 54.0 Å². The number of halogens is 2. The van der Waals surface area contributed by atoms with Crippen LogP contribution >= 0.6 is 23.2 Å². The Kier molecular flexibility index (Phi) is 8.46. The highest BCUT2D eigenvalue weighted by Crippen LogP contribution is 2.30. The molecule has 4 rings (SSSR count). The minimum Gasteiger partial charge on any atom is -0.352 e. The summed E-state index contributed by atoms with van der Waals surface area (Å²) in [5, 5.41) is 3.73. The second kappa shape index (κ2) is 11.4. The Bertz CT molecular complexity index is 1310. The normalized spacial score (nSPS) is 17.8. The molecule has 2 aliphatic rings. The number of rotatable bonds is 8. The molecule has 0 aromatic heterocycles. The SMILES string of the molecule is C[C@@H](C(=O)NC1CCCCC1)N(Cc1ccc(Cl)c(Cl)c1)C(=O)CCN1C(=O)c2ccccc2S1(=O)=O. The van der Waals surface area contributed by atoms with Crippen LogP contribution in [0.1, 0.15) is 61.4 Å². The Morgan fingerprint density at radius 1 is 1.08 bits per heavy atom. The molecule has 1 heterocycles. The first kappa shape index (κ1) is 27.4. The van der Waals surface area contributed by atoms with E-state index in [1.165, 1.54) is 17.0 Å². The highest BCUT2D eigenvalue weighted by atomic mass is 35.5. The summed E-state index contributed by atoms with van der Waals surface area (Å²) >= 11 is 12.2. The van der Waals surface area contributed by atoms with Gasteiger partial charge in [-0.2, -0.15) is 0 Å². The number of carbonyl (C=O) groups is 3. The van der Waals surface area contributed by atoms with Crippen LogP contribution in [0.3, 0.4) is 0 Å². The van der Waals surface area contributed by atoms with E-state index in [4.69, 9.17) is 23.2 Å². The van der Waals surface area contributed by atoms with E-state index in [0.717, 1.165) is 36.4 Å². The molecular formula is C26H29Cl2N3O5S. The summed E-state index contributed by atoms with van der Waals surface area (Å²) in [6, 6.07) is 10.2. The van der Waals surface area contributed by atoms with Crippen molar-refractivity contribution in [2.75, 3.05) is 6.54 Å².